The first-order valence-electron chi connectivity index (χ1n) is 3.31. The van der Waals surface area contributed by atoms with Crippen molar-refractivity contribution < 1.29 is 9.59 Å². The summed E-state index contributed by atoms with van der Waals surface area (Å²) in [5.74, 6) is 0.00542. The Hall–Kier alpha value is -0.860. The molecule has 1 amide bonds. The van der Waals surface area contributed by atoms with Crippen molar-refractivity contribution in [1.29, 1.82) is 0 Å². The molecule has 0 saturated carbocycles. The van der Waals surface area contributed by atoms with E-state index in [0.717, 1.165) is 0 Å². The number of hydrogen-bond donors (Lipinski definition) is 0. The number of rotatable bonds is 4. The molecule has 0 aliphatic rings. The van der Waals surface area contributed by atoms with Crippen LogP contribution in [0.5, 0.6) is 0 Å². The summed E-state index contributed by atoms with van der Waals surface area (Å²) in [6.07, 6.45) is 2.18. The number of amides is 1. The van der Waals surface area contributed by atoms with Crippen LogP contribution in [0, 0.1) is 0 Å². The van der Waals surface area contributed by atoms with Gasteiger partial charge in [-0.1, -0.05) is 0 Å². The highest BCUT2D eigenvalue weighted by Gasteiger charge is 2.04. The molecule has 0 spiro atoms. The van der Waals surface area contributed by atoms with Gasteiger partial charge in [-0.05, 0) is 6.92 Å². The van der Waals surface area contributed by atoms with Crippen molar-refractivity contribution in [2.24, 2.45) is 0 Å². The molecule has 10 heavy (non-hydrogen) atoms. The molecule has 0 heterocycles. The molecule has 0 aliphatic carbocycles. The first kappa shape index (κ1) is 9.14. The second-order valence-electron chi connectivity index (χ2n) is 2.05. The summed E-state index contributed by atoms with van der Waals surface area (Å²) in [6, 6.07) is 0. The monoisotopic (exact) mass is 142 g/mol. The highest BCUT2D eigenvalue weighted by atomic mass is 16.2. The Labute approximate surface area is 61.0 Å². The molecule has 0 unspecified atom stereocenters. The van der Waals surface area contributed by atoms with Crippen LogP contribution < -0.4 is 0 Å². The second kappa shape index (κ2) is 4.97. The van der Waals surface area contributed by atoms with Gasteiger partial charge in [0.15, 0.2) is 6.29 Å². The number of carbonyl (C=O) groups is 1. The third-order valence-corrected chi connectivity index (χ3v) is 1.34. The zero-order valence-corrected chi connectivity index (χ0v) is 6.39. The van der Waals surface area contributed by atoms with E-state index in [9.17, 15) is 9.59 Å². The predicted molar refractivity (Wildman–Crippen MR) is 38.2 cm³/mol. The zero-order chi connectivity index (χ0) is 7.98. The molecule has 0 aliphatic heterocycles. The van der Waals surface area contributed by atoms with Gasteiger partial charge in [0.1, 0.15) is 0 Å². The van der Waals surface area contributed by atoms with Crippen LogP contribution in [0.15, 0.2) is 0 Å². The molecule has 0 aromatic carbocycles. The van der Waals surface area contributed by atoms with Gasteiger partial charge in [0.2, 0.25) is 5.91 Å². The fraction of sp³-hybridized carbons (Fsp3) is 0.714. The van der Waals surface area contributed by atoms with Crippen LogP contribution in [0.4, 0.5) is 0 Å². The molecular formula is C7H12NO2. The Morgan fingerprint density at radius 1 is 1.60 bits per heavy atom. The van der Waals surface area contributed by atoms with E-state index in [1.165, 1.54) is 0 Å². The van der Waals surface area contributed by atoms with E-state index in [4.69, 9.17) is 0 Å². The van der Waals surface area contributed by atoms with Gasteiger partial charge < -0.3 is 4.90 Å². The van der Waals surface area contributed by atoms with Crippen LogP contribution >= 0.6 is 0 Å². The average Bonchev–Trinajstić information content (AvgIpc) is 1.98. The van der Waals surface area contributed by atoms with Crippen LogP contribution in [0.1, 0.15) is 19.8 Å². The van der Waals surface area contributed by atoms with Gasteiger partial charge in [0.05, 0.1) is 0 Å². The van der Waals surface area contributed by atoms with E-state index in [1.807, 2.05) is 6.92 Å². The smallest absolute Gasteiger partial charge is 0.222 e. The Kier molecular flexibility index (Phi) is 4.54. The second-order valence-corrected chi connectivity index (χ2v) is 2.05. The van der Waals surface area contributed by atoms with Gasteiger partial charge in [0.25, 0.3) is 0 Å². The molecule has 0 fully saturated rings. The lowest BCUT2D eigenvalue weighted by molar-refractivity contribution is -0.129. The minimum absolute atomic E-state index is 0.00542. The van der Waals surface area contributed by atoms with E-state index in [0.29, 0.717) is 6.54 Å². The molecule has 3 heteroatoms. The molecule has 57 valence electrons. The number of hydrogen-bond acceptors (Lipinski definition) is 2. The van der Waals surface area contributed by atoms with Crippen LogP contribution in [0.2, 0.25) is 0 Å². The van der Waals surface area contributed by atoms with Crippen molar-refractivity contribution in [3.05, 3.63) is 0 Å². The van der Waals surface area contributed by atoms with Gasteiger partial charge in [-0.2, -0.15) is 0 Å². The lowest BCUT2D eigenvalue weighted by atomic mass is 10.3. The van der Waals surface area contributed by atoms with Crippen LogP contribution in [-0.4, -0.2) is 30.7 Å². The van der Waals surface area contributed by atoms with Crippen molar-refractivity contribution >= 4 is 12.2 Å². The van der Waals surface area contributed by atoms with Gasteiger partial charge in [-0.3, -0.25) is 9.59 Å². The maximum absolute atomic E-state index is 10.9. The molecular weight excluding hydrogens is 130 g/mol. The van der Waals surface area contributed by atoms with Crippen LogP contribution in [0.3, 0.4) is 0 Å². The van der Waals surface area contributed by atoms with Crippen molar-refractivity contribution in [2.75, 3.05) is 13.6 Å². The lowest BCUT2D eigenvalue weighted by Gasteiger charge is -2.12. The standard InChI is InChI=1S/C7H12NO2/c1-3-8(2)7(10)5-4-6-9/h3-5H2,1-2H3. The van der Waals surface area contributed by atoms with E-state index in [-0.39, 0.29) is 18.7 Å². The Bertz CT molecular complexity index is 123. The maximum Gasteiger partial charge on any atom is 0.222 e. The summed E-state index contributed by atoms with van der Waals surface area (Å²) in [4.78, 5) is 22.2. The third kappa shape index (κ3) is 3.22. The van der Waals surface area contributed by atoms with Crippen LogP contribution in [-0.2, 0) is 9.59 Å². The quantitative estimate of drug-likeness (QED) is 0.568. The van der Waals surface area contributed by atoms with Gasteiger partial charge in [0, 0.05) is 26.4 Å². The summed E-state index contributed by atoms with van der Waals surface area (Å²) >= 11 is 0. The third-order valence-electron chi connectivity index (χ3n) is 1.34. The van der Waals surface area contributed by atoms with Gasteiger partial charge >= 0.3 is 0 Å². The Balaban J connectivity index is 3.51. The fourth-order valence-corrected chi connectivity index (χ4v) is 0.525. The zero-order valence-electron chi connectivity index (χ0n) is 6.39. The first-order chi connectivity index (χ1) is 4.72. The van der Waals surface area contributed by atoms with E-state index in [2.05, 4.69) is 0 Å². The highest BCUT2D eigenvalue weighted by molar-refractivity contribution is 5.77. The molecule has 1 radical (unpaired) electrons. The highest BCUT2D eigenvalue weighted by Crippen LogP contribution is 1.91. The fourth-order valence-electron chi connectivity index (χ4n) is 0.525. The largest absolute Gasteiger partial charge is 0.346 e. The molecule has 0 saturated heterocycles. The van der Waals surface area contributed by atoms with Crippen molar-refractivity contribution in [2.45, 2.75) is 19.8 Å². The first-order valence-corrected chi connectivity index (χ1v) is 3.31. The Morgan fingerprint density at radius 3 is 2.60 bits per heavy atom. The Morgan fingerprint density at radius 2 is 2.20 bits per heavy atom. The van der Waals surface area contributed by atoms with Crippen molar-refractivity contribution in [1.82, 2.24) is 4.90 Å². The minimum atomic E-state index is 0.00542. The summed E-state index contributed by atoms with van der Waals surface area (Å²) in [5, 5.41) is 0. The molecule has 0 atom stereocenters. The SMILES string of the molecule is CCN(C)C(=O)CC[C]=O. The van der Waals surface area contributed by atoms with Crippen molar-refractivity contribution in [3.8, 4) is 0 Å². The van der Waals surface area contributed by atoms with Gasteiger partial charge in [-0.25, -0.2) is 0 Å². The summed E-state index contributed by atoms with van der Waals surface area (Å²) in [6.45, 7) is 2.58. The molecule has 0 bridgehead atoms. The average molecular weight is 142 g/mol. The van der Waals surface area contributed by atoms with Crippen molar-refractivity contribution in [3.63, 3.8) is 0 Å². The summed E-state index contributed by atoms with van der Waals surface area (Å²) in [7, 11) is 1.72. The molecule has 0 aromatic rings. The molecule has 0 N–H and O–H groups in total. The minimum Gasteiger partial charge on any atom is -0.346 e. The van der Waals surface area contributed by atoms with Gasteiger partial charge in [-0.15, -0.1) is 0 Å². The number of carbonyl (C=O) groups excluding carboxylic acids is 2. The summed E-state index contributed by atoms with van der Waals surface area (Å²) < 4.78 is 0. The lowest BCUT2D eigenvalue weighted by Crippen LogP contribution is -2.25. The normalized spacial score (nSPS) is 9.00. The summed E-state index contributed by atoms with van der Waals surface area (Å²) in [5.41, 5.74) is 0. The molecule has 0 rings (SSSR count). The topological polar surface area (TPSA) is 37.4 Å². The molecule has 3 nitrogen and oxygen atoms in total. The number of nitrogens with zero attached hydrogens (tertiary/aromatic N) is 1. The maximum atomic E-state index is 10.9. The van der Waals surface area contributed by atoms with Crippen LogP contribution in [0.25, 0.3) is 0 Å². The van der Waals surface area contributed by atoms with E-state index < -0.39 is 0 Å². The predicted octanol–water partition coefficient (Wildman–Crippen LogP) is 0.355. The van der Waals surface area contributed by atoms with E-state index >= 15 is 0 Å². The van der Waals surface area contributed by atoms with E-state index in [1.54, 1.807) is 18.2 Å². The molecule has 0 aromatic heterocycles.